The molecule has 2 aliphatic rings. The maximum Gasteiger partial charge on any atom is 0.320 e. The van der Waals surface area contributed by atoms with E-state index in [0.29, 0.717) is 38.1 Å². The molecule has 0 spiro atoms. The van der Waals surface area contributed by atoms with Crippen LogP contribution in [0, 0.1) is 5.92 Å². The lowest BCUT2D eigenvalue weighted by molar-refractivity contribution is -0.142. The molecule has 0 aromatic heterocycles. The van der Waals surface area contributed by atoms with Crippen molar-refractivity contribution in [1.29, 1.82) is 0 Å². The van der Waals surface area contributed by atoms with E-state index < -0.39 is 12.0 Å². The summed E-state index contributed by atoms with van der Waals surface area (Å²) in [5, 5.41) is 11.9. The Morgan fingerprint density at radius 1 is 1.23 bits per heavy atom. The summed E-state index contributed by atoms with van der Waals surface area (Å²) in [6.07, 6.45) is 6.65. The first-order chi connectivity index (χ1) is 10.6. The van der Waals surface area contributed by atoms with Crippen LogP contribution in [-0.2, 0) is 14.3 Å². The summed E-state index contributed by atoms with van der Waals surface area (Å²) in [6.45, 7) is 4.09. The van der Waals surface area contributed by atoms with Crippen LogP contribution >= 0.6 is 0 Å². The summed E-state index contributed by atoms with van der Waals surface area (Å²) in [6, 6.07) is -0.509. The number of hydrogen-bond donors (Lipinski definition) is 2. The van der Waals surface area contributed by atoms with Gasteiger partial charge < -0.3 is 15.2 Å². The maximum atomic E-state index is 11.9. The number of nitrogens with one attached hydrogen (secondary N) is 1. The molecule has 6 nitrogen and oxygen atoms in total. The third-order valence-corrected chi connectivity index (χ3v) is 4.78. The highest BCUT2D eigenvalue weighted by Crippen LogP contribution is 2.25. The highest BCUT2D eigenvalue weighted by atomic mass is 16.5. The van der Waals surface area contributed by atoms with Crippen molar-refractivity contribution in [2.45, 2.75) is 57.6 Å². The molecule has 22 heavy (non-hydrogen) atoms. The van der Waals surface area contributed by atoms with Crippen LogP contribution in [0.15, 0.2) is 0 Å². The Morgan fingerprint density at radius 3 is 2.73 bits per heavy atom. The van der Waals surface area contributed by atoms with Gasteiger partial charge in [0, 0.05) is 6.54 Å². The molecule has 0 aromatic carbocycles. The molecule has 3 atom stereocenters. The lowest BCUT2D eigenvalue weighted by atomic mass is 9.88. The molecule has 2 N–H and O–H groups in total. The summed E-state index contributed by atoms with van der Waals surface area (Å²) in [4.78, 5) is 24.7. The number of amides is 1. The van der Waals surface area contributed by atoms with Gasteiger partial charge in [-0.05, 0) is 38.1 Å². The van der Waals surface area contributed by atoms with Gasteiger partial charge in [-0.15, -0.1) is 0 Å². The van der Waals surface area contributed by atoms with Crippen LogP contribution in [0.1, 0.15) is 45.4 Å². The number of carbonyl (C=O) groups is 2. The van der Waals surface area contributed by atoms with E-state index in [1.165, 1.54) is 19.3 Å². The zero-order chi connectivity index (χ0) is 15.9. The average Bonchev–Trinajstić information content (AvgIpc) is 2.93. The SMILES string of the molecule is C[C@H]1CCCC[C@@H]1OCCNC(=O)CN1CCC[C@@H]1C(=O)O. The lowest BCUT2D eigenvalue weighted by Gasteiger charge is -2.28. The number of rotatable bonds is 7. The quantitative estimate of drug-likeness (QED) is 0.692. The van der Waals surface area contributed by atoms with E-state index in [1.54, 1.807) is 4.90 Å². The second-order valence-electron chi connectivity index (χ2n) is 6.49. The Kier molecular flexibility index (Phi) is 6.64. The maximum absolute atomic E-state index is 11.9. The van der Waals surface area contributed by atoms with Gasteiger partial charge in [-0.25, -0.2) is 0 Å². The number of aliphatic carboxylic acids is 1. The van der Waals surface area contributed by atoms with Crippen molar-refractivity contribution in [3.63, 3.8) is 0 Å². The zero-order valence-electron chi connectivity index (χ0n) is 13.4. The predicted octanol–water partition coefficient (Wildman–Crippen LogP) is 1.25. The molecule has 1 amide bonds. The highest BCUT2D eigenvalue weighted by Gasteiger charge is 2.31. The highest BCUT2D eigenvalue weighted by molar-refractivity contribution is 5.80. The molecule has 0 bridgehead atoms. The molecular formula is C16H28N2O4. The fraction of sp³-hybridized carbons (Fsp3) is 0.875. The molecule has 0 unspecified atom stereocenters. The van der Waals surface area contributed by atoms with Gasteiger partial charge >= 0.3 is 5.97 Å². The molecule has 1 aliphatic heterocycles. The van der Waals surface area contributed by atoms with E-state index >= 15 is 0 Å². The van der Waals surface area contributed by atoms with Gasteiger partial charge in [0.1, 0.15) is 6.04 Å². The lowest BCUT2D eigenvalue weighted by Crippen LogP contribution is -2.43. The van der Waals surface area contributed by atoms with Crippen LogP contribution in [0.4, 0.5) is 0 Å². The van der Waals surface area contributed by atoms with Crippen molar-refractivity contribution in [3.05, 3.63) is 0 Å². The number of carboxylic acids is 1. The average molecular weight is 312 g/mol. The van der Waals surface area contributed by atoms with E-state index in [1.807, 2.05) is 0 Å². The van der Waals surface area contributed by atoms with Gasteiger partial charge in [-0.3, -0.25) is 14.5 Å². The minimum absolute atomic E-state index is 0.117. The number of carboxylic acid groups (broad SMARTS) is 1. The number of nitrogens with zero attached hydrogens (tertiary/aromatic N) is 1. The zero-order valence-corrected chi connectivity index (χ0v) is 13.4. The van der Waals surface area contributed by atoms with Gasteiger partial charge in [-0.2, -0.15) is 0 Å². The molecular weight excluding hydrogens is 284 g/mol. The normalized spacial score (nSPS) is 29.4. The Balaban J connectivity index is 1.60. The smallest absolute Gasteiger partial charge is 0.320 e. The van der Waals surface area contributed by atoms with Gasteiger partial charge in [0.25, 0.3) is 0 Å². The van der Waals surface area contributed by atoms with E-state index in [2.05, 4.69) is 12.2 Å². The largest absolute Gasteiger partial charge is 0.480 e. The van der Waals surface area contributed by atoms with E-state index in [0.717, 1.165) is 12.8 Å². The third-order valence-electron chi connectivity index (χ3n) is 4.78. The number of hydrogen-bond acceptors (Lipinski definition) is 4. The van der Waals surface area contributed by atoms with Gasteiger partial charge in [0.15, 0.2) is 0 Å². The summed E-state index contributed by atoms with van der Waals surface area (Å²) in [7, 11) is 0. The Bertz CT molecular complexity index is 388. The summed E-state index contributed by atoms with van der Waals surface area (Å²) >= 11 is 0. The predicted molar refractivity (Wildman–Crippen MR) is 82.6 cm³/mol. The fourth-order valence-electron chi connectivity index (χ4n) is 3.47. The minimum Gasteiger partial charge on any atom is -0.480 e. The molecule has 0 aromatic rings. The van der Waals surface area contributed by atoms with Crippen molar-refractivity contribution in [3.8, 4) is 0 Å². The van der Waals surface area contributed by atoms with Crippen molar-refractivity contribution in [2.24, 2.45) is 5.92 Å². The second kappa shape index (κ2) is 8.48. The van der Waals surface area contributed by atoms with Gasteiger partial charge in [-0.1, -0.05) is 19.8 Å². The van der Waals surface area contributed by atoms with Crippen molar-refractivity contribution < 1.29 is 19.4 Å². The monoisotopic (exact) mass is 312 g/mol. The molecule has 1 saturated heterocycles. The molecule has 1 aliphatic carbocycles. The minimum atomic E-state index is -0.833. The molecule has 1 saturated carbocycles. The second-order valence-corrected chi connectivity index (χ2v) is 6.49. The third kappa shape index (κ3) is 4.95. The summed E-state index contributed by atoms with van der Waals surface area (Å²) < 4.78 is 5.85. The Hall–Kier alpha value is -1.14. The first-order valence-electron chi connectivity index (χ1n) is 8.43. The topological polar surface area (TPSA) is 78.9 Å². The van der Waals surface area contributed by atoms with Crippen LogP contribution < -0.4 is 5.32 Å². The van der Waals surface area contributed by atoms with Crippen LogP contribution in [0.5, 0.6) is 0 Å². The standard InChI is InChI=1S/C16H28N2O4/c1-12-5-2-3-7-14(12)22-10-8-17-15(19)11-18-9-4-6-13(18)16(20)21/h12-14H,2-11H2,1H3,(H,17,19)(H,20,21)/t12-,13+,14-/m0/s1. The molecule has 2 rings (SSSR count). The van der Waals surface area contributed by atoms with Gasteiger partial charge in [0.05, 0.1) is 19.3 Å². The van der Waals surface area contributed by atoms with Crippen molar-refractivity contribution >= 4 is 11.9 Å². The first-order valence-corrected chi connectivity index (χ1v) is 8.43. The van der Waals surface area contributed by atoms with E-state index in [4.69, 9.17) is 9.84 Å². The fourth-order valence-corrected chi connectivity index (χ4v) is 3.47. The number of carbonyl (C=O) groups excluding carboxylic acids is 1. The number of likely N-dealkylation sites (tertiary alicyclic amines) is 1. The van der Waals surface area contributed by atoms with E-state index in [9.17, 15) is 9.59 Å². The molecule has 6 heteroatoms. The van der Waals surface area contributed by atoms with Crippen molar-refractivity contribution in [2.75, 3.05) is 26.2 Å². The van der Waals surface area contributed by atoms with Crippen molar-refractivity contribution in [1.82, 2.24) is 10.2 Å². The Labute approximate surface area is 132 Å². The summed E-state index contributed by atoms with van der Waals surface area (Å²) in [5.41, 5.74) is 0. The molecule has 1 heterocycles. The van der Waals surface area contributed by atoms with Crippen LogP contribution in [-0.4, -0.2) is 60.3 Å². The first kappa shape index (κ1) is 17.2. The molecule has 126 valence electrons. The van der Waals surface area contributed by atoms with Gasteiger partial charge in [0.2, 0.25) is 5.91 Å². The molecule has 2 fully saturated rings. The Morgan fingerprint density at radius 2 is 2.00 bits per heavy atom. The van der Waals surface area contributed by atoms with E-state index in [-0.39, 0.29) is 12.5 Å². The number of ether oxygens (including phenoxy) is 1. The van der Waals surface area contributed by atoms with Crippen LogP contribution in [0.25, 0.3) is 0 Å². The summed E-state index contributed by atoms with van der Waals surface area (Å²) in [5.74, 6) is -0.348. The van der Waals surface area contributed by atoms with Crippen LogP contribution in [0.2, 0.25) is 0 Å². The molecule has 0 radical (unpaired) electrons. The van der Waals surface area contributed by atoms with Crippen LogP contribution in [0.3, 0.4) is 0 Å².